The maximum Gasteiger partial charge on any atom is 0.299 e. The van der Waals surface area contributed by atoms with Crippen LogP contribution in [0.3, 0.4) is 0 Å². The smallest absolute Gasteiger partial charge is 0.299 e. The van der Waals surface area contributed by atoms with Gasteiger partial charge in [0, 0.05) is 28.2 Å². The maximum atomic E-state index is 8.45. The number of fused-ring (bicyclic) bond motifs is 5. The maximum absolute atomic E-state index is 8.45. The Balaban J connectivity index is 1.82. The number of para-hydroxylation sites is 1. The van der Waals surface area contributed by atoms with Crippen molar-refractivity contribution in [2.24, 2.45) is 7.05 Å². The Morgan fingerprint density at radius 2 is 2.00 bits per heavy atom. The third-order valence-electron chi connectivity index (χ3n) is 5.06. The molecule has 0 aliphatic heterocycles. The number of benzene rings is 2. The van der Waals surface area contributed by atoms with E-state index in [2.05, 4.69) is 4.98 Å². The van der Waals surface area contributed by atoms with Crippen molar-refractivity contribution >= 4 is 33.1 Å². The molecule has 0 amide bonds. The predicted molar refractivity (Wildman–Crippen MR) is 107 cm³/mol. The van der Waals surface area contributed by atoms with Crippen LogP contribution in [0.15, 0.2) is 57.6 Å². The van der Waals surface area contributed by atoms with E-state index in [0.717, 1.165) is 38.6 Å². The molecule has 0 N–H and O–H groups in total. The first-order valence-electron chi connectivity index (χ1n) is 10.8. The van der Waals surface area contributed by atoms with Gasteiger partial charge < -0.3 is 8.83 Å². The van der Waals surface area contributed by atoms with Gasteiger partial charge >= 0.3 is 0 Å². The lowest BCUT2D eigenvalue weighted by Gasteiger charge is -2.09. The lowest BCUT2D eigenvalue weighted by Crippen LogP contribution is -2.32. The van der Waals surface area contributed by atoms with Crippen molar-refractivity contribution in [3.05, 3.63) is 60.0 Å². The number of nitrogens with zero attached hydrogens (tertiary/aromatic N) is 2. The molecule has 0 saturated heterocycles. The molecule has 5 aromatic rings. The minimum Gasteiger partial charge on any atom is -0.425 e. The van der Waals surface area contributed by atoms with E-state index < -0.39 is 12.7 Å². The standard InChI is InChI=1S/C23H21N2O2/c1-13(2)17-11-18(25(4)12-24-17)20-14(3)9-10-16-21-15-7-5-6-8-19(15)26-23(21)27-22(16)20/h5-13H,1-4H3/q+1/i1D3,13D. The van der Waals surface area contributed by atoms with Crippen LogP contribution < -0.4 is 4.57 Å². The Kier molecular flexibility index (Phi) is 2.58. The highest BCUT2D eigenvalue weighted by Crippen LogP contribution is 2.41. The van der Waals surface area contributed by atoms with E-state index in [9.17, 15) is 0 Å². The van der Waals surface area contributed by atoms with Crippen LogP contribution in [0, 0.1) is 6.92 Å². The molecule has 0 spiro atoms. The molecular weight excluding hydrogens is 336 g/mol. The molecule has 1 atom stereocenters. The first kappa shape index (κ1) is 12.3. The number of aryl methyl sites for hydroxylation is 2. The van der Waals surface area contributed by atoms with Crippen LogP contribution in [0.25, 0.3) is 44.4 Å². The summed E-state index contributed by atoms with van der Waals surface area (Å²) in [5.41, 5.74) is 4.10. The molecule has 1 unspecified atom stereocenters. The average Bonchev–Trinajstić information content (AvgIpc) is 3.23. The largest absolute Gasteiger partial charge is 0.425 e. The third kappa shape index (κ3) is 2.29. The van der Waals surface area contributed by atoms with Gasteiger partial charge in [0.05, 0.1) is 18.0 Å². The number of rotatable bonds is 2. The molecule has 0 aliphatic rings. The summed E-state index contributed by atoms with van der Waals surface area (Å²) in [5.74, 6) is -1.39. The summed E-state index contributed by atoms with van der Waals surface area (Å²) in [7, 11) is 1.84. The Hall–Kier alpha value is -3.14. The molecule has 0 bridgehead atoms. The monoisotopic (exact) mass is 361 g/mol. The van der Waals surface area contributed by atoms with Gasteiger partial charge in [0.15, 0.2) is 11.3 Å². The van der Waals surface area contributed by atoms with Crippen molar-refractivity contribution in [1.29, 1.82) is 0 Å². The van der Waals surface area contributed by atoms with Gasteiger partial charge in [0.2, 0.25) is 0 Å². The summed E-state index contributed by atoms with van der Waals surface area (Å²) in [5, 5.41) is 2.81. The zero-order valence-corrected chi connectivity index (χ0v) is 15.3. The SMILES string of the molecule is [2H]C([2H])([2H])C([2H])(C)c1cc(-c2c(C)ccc3c2oc2oc4ccccc4c23)[n+](C)cn1. The molecule has 0 aliphatic carbocycles. The molecule has 0 radical (unpaired) electrons. The fourth-order valence-electron chi connectivity index (χ4n) is 3.68. The van der Waals surface area contributed by atoms with E-state index in [4.69, 9.17) is 14.3 Å². The highest BCUT2D eigenvalue weighted by atomic mass is 16.5. The quantitative estimate of drug-likeness (QED) is 0.382. The lowest BCUT2D eigenvalue weighted by atomic mass is 9.99. The summed E-state index contributed by atoms with van der Waals surface area (Å²) in [6.45, 7) is 0.828. The van der Waals surface area contributed by atoms with Gasteiger partial charge in [0.25, 0.3) is 12.1 Å². The molecule has 27 heavy (non-hydrogen) atoms. The zero-order chi connectivity index (χ0) is 22.1. The van der Waals surface area contributed by atoms with Gasteiger partial charge in [-0.3, -0.25) is 0 Å². The van der Waals surface area contributed by atoms with Crippen molar-refractivity contribution in [1.82, 2.24) is 4.98 Å². The minimum atomic E-state index is -2.51. The second kappa shape index (κ2) is 5.68. The summed E-state index contributed by atoms with van der Waals surface area (Å²) >= 11 is 0. The summed E-state index contributed by atoms with van der Waals surface area (Å²) in [4.78, 5) is 4.25. The minimum absolute atomic E-state index is 0.178. The van der Waals surface area contributed by atoms with Crippen molar-refractivity contribution in [2.75, 3.05) is 0 Å². The molecule has 134 valence electrons. The van der Waals surface area contributed by atoms with Crippen molar-refractivity contribution in [2.45, 2.75) is 26.6 Å². The van der Waals surface area contributed by atoms with E-state index in [-0.39, 0.29) is 5.69 Å². The summed E-state index contributed by atoms with van der Waals surface area (Å²) in [6.07, 6.45) is 1.55. The zero-order valence-electron chi connectivity index (χ0n) is 19.3. The van der Waals surface area contributed by atoms with Gasteiger partial charge in [-0.25, -0.2) is 4.57 Å². The van der Waals surface area contributed by atoms with E-state index in [1.165, 1.54) is 6.92 Å². The van der Waals surface area contributed by atoms with Crippen LogP contribution in [-0.4, -0.2) is 4.98 Å². The summed E-state index contributed by atoms with van der Waals surface area (Å²) in [6, 6.07) is 13.5. The Bertz CT molecular complexity index is 1480. The normalized spacial score (nSPS) is 16.9. The van der Waals surface area contributed by atoms with Crippen molar-refractivity contribution < 1.29 is 18.9 Å². The van der Waals surface area contributed by atoms with E-state index in [1.54, 1.807) is 12.4 Å². The van der Waals surface area contributed by atoms with Gasteiger partial charge in [-0.15, -0.1) is 0 Å². The molecule has 4 nitrogen and oxygen atoms in total. The van der Waals surface area contributed by atoms with Gasteiger partial charge in [-0.1, -0.05) is 49.1 Å². The molecule has 4 heteroatoms. The third-order valence-corrected chi connectivity index (χ3v) is 5.06. The topological polar surface area (TPSA) is 43.0 Å². The van der Waals surface area contributed by atoms with Crippen LogP contribution in [0.5, 0.6) is 0 Å². The fourth-order valence-corrected chi connectivity index (χ4v) is 3.68. The molecule has 0 saturated carbocycles. The fraction of sp³-hybridized carbons (Fsp3) is 0.217. The van der Waals surface area contributed by atoms with Crippen molar-refractivity contribution in [3.63, 3.8) is 0 Å². The van der Waals surface area contributed by atoms with E-state index in [0.29, 0.717) is 11.4 Å². The van der Waals surface area contributed by atoms with E-state index in [1.807, 2.05) is 54.9 Å². The number of hydrogen-bond acceptors (Lipinski definition) is 3. The molecule has 3 heterocycles. The van der Waals surface area contributed by atoms with Gasteiger partial charge in [0.1, 0.15) is 11.3 Å². The highest BCUT2D eigenvalue weighted by Gasteiger charge is 2.23. The van der Waals surface area contributed by atoms with E-state index >= 15 is 0 Å². The predicted octanol–water partition coefficient (Wildman–Crippen LogP) is 5.65. The molecule has 2 aromatic carbocycles. The second-order valence-electron chi connectivity index (χ2n) is 6.89. The second-order valence-corrected chi connectivity index (χ2v) is 6.89. The van der Waals surface area contributed by atoms with Crippen LogP contribution in [0.2, 0.25) is 0 Å². The van der Waals surface area contributed by atoms with Crippen LogP contribution in [0.4, 0.5) is 0 Å². The Morgan fingerprint density at radius 3 is 2.85 bits per heavy atom. The first-order valence-corrected chi connectivity index (χ1v) is 8.79. The highest BCUT2D eigenvalue weighted by molar-refractivity contribution is 6.19. The lowest BCUT2D eigenvalue weighted by molar-refractivity contribution is -0.663. The molecular formula is C23H21N2O2+. The Morgan fingerprint density at radius 1 is 1.15 bits per heavy atom. The van der Waals surface area contributed by atoms with Gasteiger partial charge in [-0.05, 0) is 18.6 Å². The molecule has 5 rings (SSSR count). The Labute approximate surface area is 162 Å². The van der Waals surface area contributed by atoms with Crippen LogP contribution in [-0.2, 0) is 7.05 Å². The molecule has 0 fully saturated rings. The summed E-state index contributed by atoms with van der Waals surface area (Å²) < 4.78 is 45.7. The first-order chi connectivity index (χ1) is 14.6. The van der Waals surface area contributed by atoms with Crippen LogP contribution in [0.1, 0.15) is 36.4 Å². The van der Waals surface area contributed by atoms with Gasteiger partial charge in [-0.2, -0.15) is 0 Å². The molecule has 3 aromatic heterocycles. The van der Waals surface area contributed by atoms with Crippen LogP contribution >= 0.6 is 0 Å². The number of aromatic nitrogens is 2. The number of hydrogen-bond donors (Lipinski definition) is 0. The van der Waals surface area contributed by atoms with Crippen molar-refractivity contribution in [3.8, 4) is 11.3 Å². The average molecular weight is 361 g/mol. The number of furan rings is 2.